The van der Waals surface area contributed by atoms with Crippen LogP contribution in [0.5, 0.6) is 0 Å². The monoisotopic (exact) mass is 278 g/mol. The van der Waals surface area contributed by atoms with Crippen LogP contribution in [0.25, 0.3) is 0 Å². The standard InChI is InChI=1S/C14H14O4S/c1-18-8-9-2-4-10(5-3-9)12(15)13-11(14(16)17)6-7-19-13/h2-7,12,15H,8H2,1H3,(H,16,17). The van der Waals surface area contributed by atoms with E-state index in [1.54, 1.807) is 24.6 Å². The number of hydrogen-bond donors (Lipinski definition) is 2. The largest absolute Gasteiger partial charge is 0.478 e. The third-order valence-corrected chi connectivity index (χ3v) is 3.75. The van der Waals surface area contributed by atoms with Crippen LogP contribution in [0.1, 0.15) is 32.5 Å². The number of methoxy groups -OCH3 is 1. The predicted molar refractivity (Wildman–Crippen MR) is 72.5 cm³/mol. The molecule has 0 saturated carbocycles. The van der Waals surface area contributed by atoms with Crippen molar-refractivity contribution in [1.29, 1.82) is 0 Å². The zero-order valence-corrected chi connectivity index (χ0v) is 11.2. The Bertz CT molecular complexity index is 559. The fourth-order valence-corrected chi connectivity index (χ4v) is 2.72. The quantitative estimate of drug-likeness (QED) is 0.882. The molecule has 0 aliphatic carbocycles. The number of aromatic carboxylic acids is 1. The molecule has 4 nitrogen and oxygen atoms in total. The highest BCUT2D eigenvalue weighted by Crippen LogP contribution is 2.29. The molecule has 0 fully saturated rings. The normalized spacial score (nSPS) is 12.3. The highest BCUT2D eigenvalue weighted by Gasteiger charge is 2.19. The fourth-order valence-electron chi connectivity index (χ4n) is 1.82. The molecule has 2 aromatic rings. The molecule has 1 heterocycles. The number of aliphatic hydroxyl groups excluding tert-OH is 1. The summed E-state index contributed by atoms with van der Waals surface area (Å²) < 4.78 is 5.01. The molecular weight excluding hydrogens is 264 g/mol. The van der Waals surface area contributed by atoms with Gasteiger partial charge < -0.3 is 14.9 Å². The summed E-state index contributed by atoms with van der Waals surface area (Å²) in [6.45, 7) is 0.510. The maximum Gasteiger partial charge on any atom is 0.336 e. The summed E-state index contributed by atoms with van der Waals surface area (Å²) in [5, 5.41) is 21.0. The number of carbonyl (C=O) groups is 1. The van der Waals surface area contributed by atoms with E-state index in [0.717, 1.165) is 5.56 Å². The van der Waals surface area contributed by atoms with Gasteiger partial charge in [0, 0.05) is 7.11 Å². The zero-order chi connectivity index (χ0) is 13.8. The van der Waals surface area contributed by atoms with Crippen LogP contribution < -0.4 is 0 Å². The molecule has 0 aliphatic heterocycles. The summed E-state index contributed by atoms with van der Waals surface area (Å²) in [5.41, 5.74) is 1.83. The fraction of sp³-hybridized carbons (Fsp3) is 0.214. The molecule has 1 unspecified atom stereocenters. The van der Waals surface area contributed by atoms with Gasteiger partial charge in [-0.3, -0.25) is 0 Å². The lowest BCUT2D eigenvalue weighted by Crippen LogP contribution is -2.04. The van der Waals surface area contributed by atoms with E-state index in [1.807, 2.05) is 12.1 Å². The Labute approximate surface area is 114 Å². The first-order chi connectivity index (χ1) is 9.13. The number of carboxylic acids is 1. The molecule has 0 aliphatic rings. The van der Waals surface area contributed by atoms with Crippen molar-refractivity contribution in [2.75, 3.05) is 7.11 Å². The van der Waals surface area contributed by atoms with Crippen molar-refractivity contribution < 1.29 is 19.7 Å². The van der Waals surface area contributed by atoms with E-state index < -0.39 is 12.1 Å². The number of rotatable bonds is 5. The molecule has 0 spiro atoms. The minimum atomic E-state index is -1.02. The first kappa shape index (κ1) is 13.7. The lowest BCUT2D eigenvalue weighted by molar-refractivity contribution is 0.0692. The SMILES string of the molecule is COCc1ccc(C(O)c2sccc2C(=O)O)cc1. The summed E-state index contributed by atoms with van der Waals surface area (Å²) in [7, 11) is 1.62. The van der Waals surface area contributed by atoms with Gasteiger partial charge in [0.05, 0.1) is 17.0 Å². The van der Waals surface area contributed by atoms with Crippen LogP contribution in [-0.4, -0.2) is 23.3 Å². The second-order valence-electron chi connectivity index (χ2n) is 4.08. The van der Waals surface area contributed by atoms with E-state index in [9.17, 15) is 9.90 Å². The minimum Gasteiger partial charge on any atom is -0.478 e. The average Bonchev–Trinajstić information content (AvgIpc) is 2.88. The van der Waals surface area contributed by atoms with Crippen LogP contribution >= 0.6 is 11.3 Å². The Kier molecular flexibility index (Phi) is 4.31. The minimum absolute atomic E-state index is 0.151. The van der Waals surface area contributed by atoms with Gasteiger partial charge in [0.1, 0.15) is 6.10 Å². The first-order valence-electron chi connectivity index (χ1n) is 5.70. The van der Waals surface area contributed by atoms with Crippen molar-refractivity contribution in [3.63, 3.8) is 0 Å². The van der Waals surface area contributed by atoms with Crippen LogP contribution in [0.3, 0.4) is 0 Å². The molecule has 0 saturated heterocycles. The van der Waals surface area contributed by atoms with Crippen molar-refractivity contribution >= 4 is 17.3 Å². The molecule has 5 heteroatoms. The van der Waals surface area contributed by atoms with Crippen molar-refractivity contribution in [1.82, 2.24) is 0 Å². The first-order valence-corrected chi connectivity index (χ1v) is 6.58. The van der Waals surface area contributed by atoms with Gasteiger partial charge in [-0.15, -0.1) is 11.3 Å². The van der Waals surface area contributed by atoms with Gasteiger partial charge in [-0.2, -0.15) is 0 Å². The Morgan fingerprint density at radius 1 is 1.32 bits per heavy atom. The van der Waals surface area contributed by atoms with E-state index in [4.69, 9.17) is 9.84 Å². The molecular formula is C14H14O4S. The smallest absolute Gasteiger partial charge is 0.336 e. The Morgan fingerprint density at radius 2 is 2.00 bits per heavy atom. The lowest BCUT2D eigenvalue weighted by atomic mass is 10.0. The van der Waals surface area contributed by atoms with Gasteiger partial charge in [0.15, 0.2) is 0 Å². The van der Waals surface area contributed by atoms with Crippen LogP contribution in [-0.2, 0) is 11.3 Å². The average molecular weight is 278 g/mol. The molecule has 100 valence electrons. The predicted octanol–water partition coefficient (Wildman–Crippen LogP) is 2.67. The Morgan fingerprint density at radius 3 is 2.58 bits per heavy atom. The summed E-state index contributed by atoms with van der Waals surface area (Å²) in [6.07, 6.45) is -0.914. The number of ether oxygens (including phenoxy) is 1. The van der Waals surface area contributed by atoms with Crippen LogP contribution in [0.4, 0.5) is 0 Å². The van der Waals surface area contributed by atoms with Crippen LogP contribution in [0.15, 0.2) is 35.7 Å². The maximum absolute atomic E-state index is 11.0. The third kappa shape index (κ3) is 3.01. The molecule has 1 atom stereocenters. The van der Waals surface area contributed by atoms with Crippen LogP contribution in [0.2, 0.25) is 0 Å². The highest BCUT2D eigenvalue weighted by molar-refractivity contribution is 7.10. The number of carboxylic acid groups (broad SMARTS) is 1. The molecule has 19 heavy (non-hydrogen) atoms. The van der Waals surface area contributed by atoms with Gasteiger partial charge in [-0.25, -0.2) is 4.79 Å². The Hall–Kier alpha value is -1.69. The van der Waals surface area contributed by atoms with Crippen LogP contribution in [0, 0.1) is 0 Å². The topological polar surface area (TPSA) is 66.8 Å². The Balaban J connectivity index is 2.25. The maximum atomic E-state index is 11.0. The second-order valence-corrected chi connectivity index (χ2v) is 5.03. The molecule has 1 aromatic carbocycles. The number of thiophene rings is 1. The third-order valence-electron chi connectivity index (χ3n) is 2.78. The van der Waals surface area contributed by atoms with Crippen molar-refractivity contribution in [3.8, 4) is 0 Å². The van der Waals surface area contributed by atoms with Crippen molar-refractivity contribution in [2.24, 2.45) is 0 Å². The van der Waals surface area contributed by atoms with Gasteiger partial charge in [-0.1, -0.05) is 24.3 Å². The van der Waals surface area contributed by atoms with Gasteiger partial charge in [0.25, 0.3) is 0 Å². The summed E-state index contributed by atoms with van der Waals surface area (Å²) >= 11 is 1.24. The number of benzene rings is 1. The van der Waals surface area contributed by atoms with E-state index in [-0.39, 0.29) is 5.56 Å². The molecule has 2 rings (SSSR count). The van der Waals surface area contributed by atoms with E-state index in [2.05, 4.69) is 0 Å². The van der Waals surface area contributed by atoms with E-state index in [0.29, 0.717) is 17.0 Å². The number of hydrogen-bond acceptors (Lipinski definition) is 4. The van der Waals surface area contributed by atoms with Gasteiger partial charge in [-0.05, 0) is 22.6 Å². The zero-order valence-electron chi connectivity index (χ0n) is 10.4. The summed E-state index contributed by atoms with van der Waals surface area (Å²) in [5.74, 6) is -1.02. The molecule has 0 bridgehead atoms. The molecule has 0 radical (unpaired) electrons. The highest BCUT2D eigenvalue weighted by atomic mass is 32.1. The number of aliphatic hydroxyl groups is 1. The van der Waals surface area contributed by atoms with E-state index >= 15 is 0 Å². The second kappa shape index (κ2) is 5.97. The van der Waals surface area contributed by atoms with Crippen molar-refractivity contribution in [3.05, 3.63) is 57.3 Å². The van der Waals surface area contributed by atoms with Gasteiger partial charge >= 0.3 is 5.97 Å². The van der Waals surface area contributed by atoms with Gasteiger partial charge in [0.2, 0.25) is 0 Å². The lowest BCUT2D eigenvalue weighted by Gasteiger charge is -2.11. The molecule has 2 N–H and O–H groups in total. The van der Waals surface area contributed by atoms with E-state index in [1.165, 1.54) is 17.4 Å². The molecule has 0 amide bonds. The summed E-state index contributed by atoms with van der Waals surface area (Å²) in [6, 6.07) is 8.78. The summed E-state index contributed by atoms with van der Waals surface area (Å²) in [4.78, 5) is 11.5. The molecule has 1 aromatic heterocycles. The van der Waals surface area contributed by atoms with Crippen molar-refractivity contribution in [2.45, 2.75) is 12.7 Å².